The first-order chi connectivity index (χ1) is 6.01. The summed E-state index contributed by atoms with van der Waals surface area (Å²) in [6.45, 7) is 3.04. The molecule has 0 heterocycles. The van der Waals surface area contributed by atoms with Crippen molar-refractivity contribution in [2.75, 3.05) is 12.6 Å². The van der Waals surface area contributed by atoms with Crippen molar-refractivity contribution in [2.45, 2.75) is 19.9 Å². The zero-order chi connectivity index (χ0) is 11.6. The molecule has 0 bridgehead atoms. The first kappa shape index (κ1) is 28.4. The van der Waals surface area contributed by atoms with Gasteiger partial charge >= 0.3 is 88.7 Å². The van der Waals surface area contributed by atoms with Gasteiger partial charge in [0.2, 0.25) is 0 Å². The molecule has 1 atom stereocenters. The quantitative estimate of drug-likeness (QED) is 0.394. The second kappa shape index (κ2) is 11.9. The van der Waals surface area contributed by atoms with Crippen LogP contribution in [0.5, 0.6) is 0 Å². The Bertz CT molecular complexity index is 255. The SMILES string of the molecule is CC(C)N(CP(=O)([O-])[O-])CP(=O)([O-])O.[Na+].[Na+].[Na+]. The summed E-state index contributed by atoms with van der Waals surface area (Å²) >= 11 is 0. The van der Waals surface area contributed by atoms with Gasteiger partial charge in [0, 0.05) is 12.3 Å². The van der Waals surface area contributed by atoms with Crippen LogP contribution in [0.3, 0.4) is 0 Å². The first-order valence-corrected chi connectivity index (χ1v) is 7.28. The molecule has 0 amide bonds. The van der Waals surface area contributed by atoms with Crippen molar-refractivity contribution in [2.24, 2.45) is 0 Å². The Morgan fingerprint density at radius 3 is 1.59 bits per heavy atom. The summed E-state index contributed by atoms with van der Waals surface area (Å²) in [5.41, 5.74) is 0. The Hall–Kier alpha value is 3.26. The molecule has 0 fully saturated rings. The van der Waals surface area contributed by atoms with Gasteiger partial charge in [-0.2, -0.15) is 0 Å². The maximum atomic E-state index is 10.5. The third-order valence-electron chi connectivity index (χ3n) is 1.45. The predicted octanol–water partition coefficient (Wildman–Crippen LogP) is -10.9. The van der Waals surface area contributed by atoms with E-state index in [1.54, 1.807) is 0 Å². The molecule has 0 aromatic carbocycles. The Balaban J connectivity index is -0.000000282. The molecule has 0 aromatic rings. The average Bonchev–Trinajstić information content (AvgIpc) is 1.78. The van der Waals surface area contributed by atoms with Crippen LogP contribution >= 0.6 is 15.2 Å². The Labute approximate surface area is 167 Å². The van der Waals surface area contributed by atoms with Crippen LogP contribution in [0.4, 0.5) is 0 Å². The topological polar surface area (TPSA) is 127 Å². The Kier molecular flexibility index (Phi) is 19.8. The molecule has 0 aromatic heterocycles. The monoisotopic (exact) mass is 313 g/mol. The minimum Gasteiger partial charge on any atom is -0.810 e. The molecule has 0 aliphatic carbocycles. The van der Waals surface area contributed by atoms with Gasteiger partial charge in [-0.15, -0.1) is 0 Å². The molecule has 12 heteroatoms. The zero-order valence-electron chi connectivity index (χ0n) is 10.8. The zero-order valence-corrected chi connectivity index (χ0v) is 18.6. The molecule has 0 aliphatic rings. The molecule has 17 heavy (non-hydrogen) atoms. The smallest absolute Gasteiger partial charge is 0.810 e. The van der Waals surface area contributed by atoms with Gasteiger partial charge in [-0.25, -0.2) is 0 Å². The third kappa shape index (κ3) is 19.3. The average molecular weight is 313 g/mol. The van der Waals surface area contributed by atoms with Crippen molar-refractivity contribution in [3.05, 3.63) is 0 Å². The Morgan fingerprint density at radius 1 is 1.06 bits per heavy atom. The van der Waals surface area contributed by atoms with Gasteiger partial charge in [-0.05, 0) is 13.8 Å². The van der Waals surface area contributed by atoms with Gasteiger partial charge in [-0.3, -0.25) is 4.90 Å². The maximum Gasteiger partial charge on any atom is 1.00 e. The van der Waals surface area contributed by atoms with E-state index in [1.807, 2.05) is 0 Å². The molecule has 86 valence electrons. The van der Waals surface area contributed by atoms with Crippen LogP contribution in [0.1, 0.15) is 13.8 Å². The summed E-state index contributed by atoms with van der Waals surface area (Å²) in [6.07, 6.45) is -1.74. The molecule has 0 aliphatic heterocycles. The van der Waals surface area contributed by atoms with E-state index in [0.717, 1.165) is 4.90 Å². The minimum absolute atomic E-state index is 0. The summed E-state index contributed by atoms with van der Waals surface area (Å²) in [6, 6.07) is -0.458. The molecular formula is C5H12NNa3O6P2. The maximum absolute atomic E-state index is 10.5. The van der Waals surface area contributed by atoms with Crippen LogP contribution in [0.2, 0.25) is 0 Å². The van der Waals surface area contributed by atoms with E-state index in [4.69, 9.17) is 4.89 Å². The summed E-state index contributed by atoms with van der Waals surface area (Å²) in [4.78, 5) is 40.6. The molecule has 1 unspecified atom stereocenters. The first-order valence-electron chi connectivity index (χ1n) is 3.79. The third-order valence-corrected chi connectivity index (χ3v) is 2.88. The van der Waals surface area contributed by atoms with Crippen molar-refractivity contribution >= 4 is 15.2 Å². The van der Waals surface area contributed by atoms with E-state index < -0.39 is 33.8 Å². The molecule has 0 saturated carbocycles. The van der Waals surface area contributed by atoms with Crippen molar-refractivity contribution in [3.8, 4) is 0 Å². The summed E-state index contributed by atoms with van der Waals surface area (Å²) in [7, 11) is -9.39. The molecular weight excluding hydrogens is 301 g/mol. The van der Waals surface area contributed by atoms with Gasteiger partial charge in [0.15, 0.2) is 0 Å². The van der Waals surface area contributed by atoms with Crippen molar-refractivity contribution in [1.29, 1.82) is 0 Å². The van der Waals surface area contributed by atoms with E-state index in [2.05, 4.69) is 0 Å². The summed E-state index contributed by atoms with van der Waals surface area (Å²) < 4.78 is 20.9. The fraction of sp³-hybridized carbons (Fsp3) is 1.00. The van der Waals surface area contributed by atoms with Gasteiger partial charge in [0.1, 0.15) is 7.60 Å². The second-order valence-electron chi connectivity index (χ2n) is 3.21. The van der Waals surface area contributed by atoms with Crippen molar-refractivity contribution in [1.82, 2.24) is 4.90 Å². The number of hydrogen-bond donors (Lipinski definition) is 1. The molecule has 0 spiro atoms. The van der Waals surface area contributed by atoms with Crippen LogP contribution in [0, 0.1) is 0 Å². The van der Waals surface area contributed by atoms with E-state index in [9.17, 15) is 23.8 Å². The van der Waals surface area contributed by atoms with Crippen molar-refractivity contribution < 1.29 is 117 Å². The van der Waals surface area contributed by atoms with Crippen molar-refractivity contribution in [3.63, 3.8) is 0 Å². The van der Waals surface area contributed by atoms with Crippen LogP contribution in [0.15, 0.2) is 0 Å². The molecule has 1 N–H and O–H groups in total. The molecule has 7 nitrogen and oxygen atoms in total. The van der Waals surface area contributed by atoms with Crippen LogP contribution in [0.25, 0.3) is 0 Å². The van der Waals surface area contributed by atoms with Gasteiger partial charge in [-0.1, -0.05) is 7.60 Å². The molecule has 0 saturated heterocycles. The van der Waals surface area contributed by atoms with E-state index in [1.165, 1.54) is 13.8 Å². The van der Waals surface area contributed by atoms with Gasteiger partial charge in [0.25, 0.3) is 0 Å². The van der Waals surface area contributed by atoms with Gasteiger partial charge < -0.3 is 28.7 Å². The second-order valence-corrected chi connectivity index (χ2v) is 6.28. The van der Waals surface area contributed by atoms with Crippen LogP contribution in [-0.2, 0) is 9.13 Å². The largest absolute Gasteiger partial charge is 1.00 e. The number of nitrogens with zero attached hydrogens (tertiary/aromatic N) is 1. The standard InChI is InChI=1S/C5H15NO6P2.3Na/c1-5(2)6(3-13(7,8)9)4-14(10,11)12;;;/h5H,3-4H2,1-2H3,(H2,7,8,9)(H2,10,11,12);;;/q;3*+1/p-3. The van der Waals surface area contributed by atoms with Gasteiger partial charge in [0.05, 0.1) is 6.29 Å². The van der Waals surface area contributed by atoms with E-state index in [-0.39, 0.29) is 88.7 Å². The fourth-order valence-electron chi connectivity index (χ4n) is 0.823. The van der Waals surface area contributed by atoms with Crippen LogP contribution in [-0.4, -0.2) is 28.4 Å². The minimum atomic E-state index is -4.81. The summed E-state index contributed by atoms with van der Waals surface area (Å²) in [5, 5.41) is 0. The molecule has 0 radical (unpaired) electrons. The fourth-order valence-corrected chi connectivity index (χ4v) is 2.74. The van der Waals surface area contributed by atoms with E-state index in [0.29, 0.717) is 0 Å². The Morgan fingerprint density at radius 2 is 1.41 bits per heavy atom. The van der Waals surface area contributed by atoms with Crippen LogP contribution < -0.4 is 103 Å². The number of hydrogen-bond acceptors (Lipinski definition) is 6. The van der Waals surface area contributed by atoms with E-state index >= 15 is 0 Å². The predicted molar refractivity (Wildman–Crippen MR) is 44.1 cm³/mol. The summed E-state index contributed by atoms with van der Waals surface area (Å²) in [5.74, 6) is 0. The molecule has 0 rings (SSSR count). The normalized spacial score (nSPS) is 14.4. The number of rotatable bonds is 5.